The zero-order valence-electron chi connectivity index (χ0n) is 22.8. The van der Waals surface area contributed by atoms with Crippen molar-refractivity contribution in [2.45, 2.75) is 97.1 Å². The van der Waals surface area contributed by atoms with E-state index in [1.807, 2.05) is 43.3 Å². The molecule has 5 heteroatoms. The summed E-state index contributed by atoms with van der Waals surface area (Å²) in [5.74, 6) is -1.32. The molecule has 1 heterocycles. The summed E-state index contributed by atoms with van der Waals surface area (Å²) in [5.41, 5.74) is 1.82. The molecule has 3 rings (SSSR count). The van der Waals surface area contributed by atoms with Gasteiger partial charge in [0, 0.05) is 12.0 Å². The Hall–Kier alpha value is -2.95. The zero-order chi connectivity index (χ0) is 26.7. The third-order valence-electron chi connectivity index (χ3n) is 7.68. The second-order valence-electron chi connectivity index (χ2n) is 10.9. The molecule has 0 radical (unpaired) electrons. The molecule has 37 heavy (non-hydrogen) atoms. The molecule has 1 unspecified atom stereocenters. The van der Waals surface area contributed by atoms with Crippen LogP contribution < -0.4 is 0 Å². The van der Waals surface area contributed by atoms with Crippen molar-refractivity contribution < 1.29 is 19.1 Å². The summed E-state index contributed by atoms with van der Waals surface area (Å²) in [6.07, 6.45) is 7.82. The van der Waals surface area contributed by atoms with Crippen LogP contribution in [0.2, 0.25) is 0 Å². The number of hydrogen-bond acceptors (Lipinski definition) is 4. The summed E-state index contributed by atoms with van der Waals surface area (Å²) >= 11 is 0. The van der Waals surface area contributed by atoms with Crippen LogP contribution in [0, 0.1) is 5.41 Å². The van der Waals surface area contributed by atoms with Crippen molar-refractivity contribution in [3.63, 3.8) is 0 Å². The first kappa shape index (κ1) is 28.6. The predicted molar refractivity (Wildman–Crippen MR) is 147 cm³/mol. The predicted octanol–water partition coefficient (Wildman–Crippen LogP) is 6.33. The minimum Gasteiger partial charge on any atom is -0.461 e. The number of ether oxygens (including phenoxy) is 1. The average Bonchev–Trinajstić information content (AvgIpc) is 2.93. The van der Waals surface area contributed by atoms with Gasteiger partial charge in [-0.2, -0.15) is 0 Å². The van der Waals surface area contributed by atoms with Crippen LogP contribution in [-0.2, 0) is 32.0 Å². The molecule has 0 aromatic heterocycles. The van der Waals surface area contributed by atoms with Gasteiger partial charge in [0.05, 0.1) is 0 Å². The van der Waals surface area contributed by atoms with Crippen LogP contribution in [0.3, 0.4) is 0 Å². The number of benzene rings is 2. The summed E-state index contributed by atoms with van der Waals surface area (Å²) in [7, 11) is 0. The van der Waals surface area contributed by atoms with Crippen molar-refractivity contribution in [3.05, 3.63) is 71.8 Å². The first-order valence-corrected chi connectivity index (χ1v) is 14.0. The number of esters is 1. The maximum atomic E-state index is 13.4. The van der Waals surface area contributed by atoms with Crippen molar-refractivity contribution in [2.24, 2.45) is 5.41 Å². The standard InChI is InChI=1S/C32H43NO4/c1-4-32(2,3)29(34)30(35)33-24-12-11-23-28(33)31(36)37-27(21-13-19-25-15-7-5-8-16-25)22-14-20-26-17-9-6-10-18-26/h5-10,15-18,27-28H,4,11-14,19-24H2,1-3H3. The summed E-state index contributed by atoms with van der Waals surface area (Å²) in [6, 6.07) is 20.0. The Morgan fingerprint density at radius 3 is 1.95 bits per heavy atom. The van der Waals surface area contributed by atoms with Crippen molar-refractivity contribution in [3.8, 4) is 0 Å². The molecule has 0 aliphatic carbocycles. The summed E-state index contributed by atoms with van der Waals surface area (Å²) in [5, 5.41) is 0. The number of piperidine rings is 1. The van der Waals surface area contributed by atoms with E-state index in [1.54, 1.807) is 13.8 Å². The zero-order valence-corrected chi connectivity index (χ0v) is 22.8. The van der Waals surface area contributed by atoms with Gasteiger partial charge in [0.2, 0.25) is 5.78 Å². The summed E-state index contributed by atoms with van der Waals surface area (Å²) in [6.45, 7) is 5.92. The number of nitrogens with zero attached hydrogens (tertiary/aromatic N) is 1. The van der Waals surface area contributed by atoms with Gasteiger partial charge < -0.3 is 9.64 Å². The third-order valence-corrected chi connectivity index (χ3v) is 7.68. The molecule has 1 aliphatic rings. The van der Waals surface area contributed by atoms with E-state index < -0.39 is 23.1 Å². The fourth-order valence-electron chi connectivity index (χ4n) is 4.86. The lowest BCUT2D eigenvalue weighted by molar-refractivity contribution is -0.164. The highest BCUT2D eigenvalue weighted by molar-refractivity contribution is 6.38. The fourth-order valence-corrected chi connectivity index (χ4v) is 4.86. The summed E-state index contributed by atoms with van der Waals surface area (Å²) in [4.78, 5) is 40.9. The molecule has 1 atom stereocenters. The largest absolute Gasteiger partial charge is 0.461 e. The lowest BCUT2D eigenvalue weighted by Gasteiger charge is -2.36. The first-order chi connectivity index (χ1) is 17.8. The van der Waals surface area contributed by atoms with Crippen molar-refractivity contribution >= 4 is 17.7 Å². The number of carbonyl (C=O) groups excluding carboxylic acids is 3. The Bertz CT molecular complexity index is 956. The van der Waals surface area contributed by atoms with Crippen LogP contribution in [0.25, 0.3) is 0 Å². The molecule has 1 amide bonds. The smallest absolute Gasteiger partial charge is 0.329 e. The number of aryl methyl sites for hydroxylation is 2. The molecule has 1 fully saturated rings. The van der Waals surface area contributed by atoms with Gasteiger partial charge in [0.25, 0.3) is 5.91 Å². The Morgan fingerprint density at radius 2 is 1.43 bits per heavy atom. The van der Waals surface area contributed by atoms with E-state index >= 15 is 0 Å². The average molecular weight is 506 g/mol. The van der Waals surface area contributed by atoms with E-state index in [2.05, 4.69) is 24.3 Å². The van der Waals surface area contributed by atoms with Gasteiger partial charge in [-0.15, -0.1) is 0 Å². The van der Waals surface area contributed by atoms with Crippen molar-refractivity contribution in [2.75, 3.05) is 6.54 Å². The molecule has 200 valence electrons. The van der Waals surface area contributed by atoms with Crippen molar-refractivity contribution in [1.29, 1.82) is 0 Å². The minimum atomic E-state index is -0.736. The fraction of sp³-hybridized carbons (Fsp3) is 0.531. The SMILES string of the molecule is CCC(C)(C)C(=O)C(=O)N1CCCCC1C(=O)OC(CCCc1ccccc1)CCCc1ccccc1. The number of carbonyl (C=O) groups is 3. The monoisotopic (exact) mass is 505 g/mol. The lowest BCUT2D eigenvalue weighted by atomic mass is 9.84. The maximum Gasteiger partial charge on any atom is 0.329 e. The molecular weight excluding hydrogens is 462 g/mol. The van der Waals surface area contributed by atoms with Gasteiger partial charge in [-0.05, 0) is 75.3 Å². The van der Waals surface area contributed by atoms with E-state index in [0.717, 1.165) is 51.4 Å². The van der Waals surface area contributed by atoms with Crippen LogP contribution in [0.5, 0.6) is 0 Å². The normalized spacial score (nSPS) is 16.0. The number of Topliss-reactive ketones (excluding diaryl/α,β-unsaturated/α-hetero) is 1. The highest BCUT2D eigenvalue weighted by atomic mass is 16.5. The Balaban J connectivity index is 1.64. The molecule has 0 bridgehead atoms. The van der Waals surface area contributed by atoms with Crippen LogP contribution in [0.15, 0.2) is 60.7 Å². The summed E-state index contributed by atoms with van der Waals surface area (Å²) < 4.78 is 6.09. The van der Waals surface area contributed by atoms with Gasteiger partial charge in [0.1, 0.15) is 12.1 Å². The quantitative estimate of drug-likeness (QED) is 0.236. The van der Waals surface area contributed by atoms with Gasteiger partial charge in [-0.25, -0.2) is 4.79 Å². The van der Waals surface area contributed by atoms with E-state index in [9.17, 15) is 14.4 Å². The maximum absolute atomic E-state index is 13.4. The topological polar surface area (TPSA) is 63.7 Å². The van der Waals surface area contributed by atoms with Gasteiger partial charge >= 0.3 is 5.97 Å². The van der Waals surface area contributed by atoms with Crippen LogP contribution in [0.4, 0.5) is 0 Å². The molecule has 0 N–H and O–H groups in total. The van der Waals surface area contributed by atoms with Gasteiger partial charge in [-0.1, -0.05) is 81.4 Å². The Kier molecular flexibility index (Phi) is 10.9. The number of amides is 1. The molecule has 5 nitrogen and oxygen atoms in total. The van der Waals surface area contributed by atoms with E-state index in [4.69, 9.17) is 4.74 Å². The number of rotatable bonds is 13. The second kappa shape index (κ2) is 14.1. The van der Waals surface area contributed by atoms with E-state index in [-0.39, 0.29) is 12.1 Å². The molecule has 0 saturated carbocycles. The van der Waals surface area contributed by atoms with Gasteiger partial charge in [-0.3, -0.25) is 9.59 Å². The molecule has 2 aromatic rings. The van der Waals surface area contributed by atoms with Crippen LogP contribution >= 0.6 is 0 Å². The second-order valence-corrected chi connectivity index (χ2v) is 10.9. The van der Waals surface area contributed by atoms with Crippen molar-refractivity contribution in [1.82, 2.24) is 4.90 Å². The first-order valence-electron chi connectivity index (χ1n) is 14.0. The number of hydrogen-bond donors (Lipinski definition) is 0. The van der Waals surface area contributed by atoms with E-state index in [1.165, 1.54) is 16.0 Å². The lowest BCUT2D eigenvalue weighted by Crippen LogP contribution is -2.53. The van der Waals surface area contributed by atoms with Gasteiger partial charge in [0.15, 0.2) is 0 Å². The highest BCUT2D eigenvalue weighted by Crippen LogP contribution is 2.26. The molecule has 0 spiro atoms. The number of likely N-dealkylation sites (tertiary alicyclic amines) is 1. The molecule has 1 saturated heterocycles. The minimum absolute atomic E-state index is 0.207. The van der Waals surface area contributed by atoms with Crippen LogP contribution in [0.1, 0.15) is 83.3 Å². The Morgan fingerprint density at radius 1 is 0.892 bits per heavy atom. The van der Waals surface area contributed by atoms with Crippen LogP contribution in [-0.4, -0.2) is 41.3 Å². The molecule has 1 aliphatic heterocycles. The molecular formula is C32H43NO4. The number of ketones is 1. The molecule has 2 aromatic carbocycles. The van der Waals surface area contributed by atoms with E-state index in [0.29, 0.717) is 19.4 Å². The Labute approximate surface area is 222 Å². The highest BCUT2D eigenvalue weighted by Gasteiger charge is 2.41. The third kappa shape index (κ3) is 8.55.